The number of hydrogen-bond donors (Lipinski definition) is 1. The van der Waals surface area contributed by atoms with Crippen LogP contribution in [-0.4, -0.2) is 26.1 Å². The molecule has 1 amide bonds. The number of halogens is 1. The molecule has 0 unspecified atom stereocenters. The Balaban J connectivity index is 2.17. The van der Waals surface area contributed by atoms with Crippen molar-refractivity contribution in [2.24, 2.45) is 0 Å². The molecule has 0 aliphatic rings. The van der Waals surface area contributed by atoms with Gasteiger partial charge in [-0.15, -0.1) is 0 Å². The molecule has 2 rings (SSSR count). The Morgan fingerprint density at radius 2 is 1.78 bits per heavy atom. The molecule has 2 aromatic rings. The number of amides is 1. The molecule has 2 aromatic carbocycles. The van der Waals surface area contributed by atoms with E-state index in [-0.39, 0.29) is 5.91 Å². The largest absolute Gasteiger partial charge is 0.495 e. The Kier molecular flexibility index (Phi) is 5.88. The van der Waals surface area contributed by atoms with Crippen LogP contribution in [0.5, 0.6) is 5.75 Å². The second-order valence-electron chi connectivity index (χ2n) is 5.02. The van der Waals surface area contributed by atoms with Gasteiger partial charge in [-0.25, -0.2) is 0 Å². The first-order chi connectivity index (χ1) is 11.1. The van der Waals surface area contributed by atoms with Gasteiger partial charge in [-0.1, -0.05) is 11.6 Å². The first-order valence-corrected chi connectivity index (χ1v) is 7.96. The molecule has 0 fully saturated rings. The summed E-state index contributed by atoms with van der Waals surface area (Å²) in [5.74, 6) is 0.374. The van der Waals surface area contributed by atoms with Crippen LogP contribution in [0.2, 0.25) is 5.02 Å². The third-order valence-electron chi connectivity index (χ3n) is 3.67. The molecule has 0 heterocycles. The van der Waals surface area contributed by atoms with Crippen LogP contribution in [-0.2, 0) is 0 Å². The van der Waals surface area contributed by atoms with E-state index in [2.05, 4.69) is 24.1 Å². The van der Waals surface area contributed by atoms with Gasteiger partial charge in [0.05, 0.1) is 12.8 Å². The second kappa shape index (κ2) is 7.88. The van der Waals surface area contributed by atoms with Crippen molar-refractivity contribution in [3.05, 3.63) is 53.1 Å². The fourth-order valence-corrected chi connectivity index (χ4v) is 2.56. The van der Waals surface area contributed by atoms with Gasteiger partial charge in [0.2, 0.25) is 0 Å². The summed E-state index contributed by atoms with van der Waals surface area (Å²) in [6, 6.07) is 12.7. The summed E-state index contributed by atoms with van der Waals surface area (Å²) in [4.78, 5) is 14.6. The lowest BCUT2D eigenvalue weighted by Gasteiger charge is -2.21. The van der Waals surface area contributed by atoms with E-state index >= 15 is 0 Å². The molecule has 0 aliphatic carbocycles. The zero-order valence-electron chi connectivity index (χ0n) is 13.6. The van der Waals surface area contributed by atoms with Gasteiger partial charge < -0.3 is 15.0 Å². The lowest BCUT2D eigenvalue weighted by molar-refractivity contribution is 0.102. The molecule has 0 aliphatic heterocycles. The van der Waals surface area contributed by atoms with Crippen LogP contribution in [0.25, 0.3) is 0 Å². The van der Waals surface area contributed by atoms with Crippen LogP contribution in [0.4, 0.5) is 11.4 Å². The van der Waals surface area contributed by atoms with E-state index in [0.29, 0.717) is 22.0 Å². The van der Waals surface area contributed by atoms with Gasteiger partial charge in [-0.2, -0.15) is 0 Å². The minimum Gasteiger partial charge on any atom is -0.495 e. The number of nitrogens with one attached hydrogen (secondary N) is 1. The van der Waals surface area contributed by atoms with E-state index in [1.807, 2.05) is 24.3 Å². The normalized spacial score (nSPS) is 10.3. The molecule has 0 aromatic heterocycles. The van der Waals surface area contributed by atoms with E-state index in [1.165, 1.54) is 0 Å². The molecule has 23 heavy (non-hydrogen) atoms. The van der Waals surface area contributed by atoms with Crippen LogP contribution in [0.3, 0.4) is 0 Å². The minimum absolute atomic E-state index is 0.198. The number of carbonyl (C=O) groups is 1. The quantitative estimate of drug-likeness (QED) is 0.849. The standard InChI is InChI=1S/C18H21ClN2O2/c1-4-21(5-2)15-9-6-13(7-10-15)18(22)20-16-12-14(19)8-11-17(16)23-3/h6-12H,4-5H2,1-3H3,(H,20,22). The summed E-state index contributed by atoms with van der Waals surface area (Å²) in [7, 11) is 1.55. The van der Waals surface area contributed by atoms with Crippen molar-refractivity contribution in [1.29, 1.82) is 0 Å². The number of nitrogens with zero attached hydrogens (tertiary/aromatic N) is 1. The number of ether oxygens (including phenoxy) is 1. The maximum atomic E-state index is 12.4. The van der Waals surface area contributed by atoms with Gasteiger partial charge in [0.1, 0.15) is 5.75 Å². The molecule has 0 atom stereocenters. The highest BCUT2D eigenvalue weighted by Gasteiger charge is 2.11. The van der Waals surface area contributed by atoms with Crippen LogP contribution < -0.4 is 15.0 Å². The summed E-state index contributed by atoms with van der Waals surface area (Å²) in [6.45, 7) is 6.08. The molecule has 1 N–H and O–H groups in total. The van der Waals surface area contributed by atoms with E-state index in [0.717, 1.165) is 18.8 Å². The molecule has 0 saturated carbocycles. The predicted molar refractivity (Wildman–Crippen MR) is 96.0 cm³/mol. The summed E-state index contributed by atoms with van der Waals surface area (Å²) in [5.41, 5.74) is 2.24. The smallest absolute Gasteiger partial charge is 0.255 e. The van der Waals surface area contributed by atoms with Crippen LogP contribution in [0.1, 0.15) is 24.2 Å². The fourth-order valence-electron chi connectivity index (χ4n) is 2.38. The number of hydrogen-bond acceptors (Lipinski definition) is 3. The lowest BCUT2D eigenvalue weighted by atomic mass is 10.1. The van der Waals surface area contributed by atoms with Gasteiger partial charge in [-0.3, -0.25) is 4.79 Å². The van der Waals surface area contributed by atoms with Crippen molar-refractivity contribution < 1.29 is 9.53 Å². The van der Waals surface area contributed by atoms with Crippen molar-refractivity contribution in [2.75, 3.05) is 30.4 Å². The molecule has 5 heteroatoms. The van der Waals surface area contributed by atoms with Gasteiger partial charge in [-0.05, 0) is 56.3 Å². The zero-order chi connectivity index (χ0) is 16.8. The monoisotopic (exact) mass is 332 g/mol. The summed E-state index contributed by atoms with van der Waals surface area (Å²) < 4.78 is 5.24. The first kappa shape index (κ1) is 17.2. The van der Waals surface area contributed by atoms with Crippen molar-refractivity contribution >= 4 is 28.9 Å². The number of carbonyl (C=O) groups excluding carboxylic acids is 1. The van der Waals surface area contributed by atoms with Crippen LogP contribution in [0.15, 0.2) is 42.5 Å². The first-order valence-electron chi connectivity index (χ1n) is 7.59. The molecular weight excluding hydrogens is 312 g/mol. The molecule has 0 bridgehead atoms. The van der Waals surface area contributed by atoms with E-state index in [9.17, 15) is 4.79 Å². The average Bonchev–Trinajstić information content (AvgIpc) is 2.57. The molecule has 122 valence electrons. The van der Waals surface area contributed by atoms with Crippen molar-refractivity contribution in [3.8, 4) is 5.75 Å². The Labute approximate surface area is 142 Å². The Morgan fingerprint density at radius 1 is 1.13 bits per heavy atom. The Morgan fingerprint density at radius 3 is 2.35 bits per heavy atom. The van der Waals surface area contributed by atoms with Crippen LogP contribution in [0, 0.1) is 0 Å². The van der Waals surface area contributed by atoms with Gasteiger partial charge >= 0.3 is 0 Å². The maximum absolute atomic E-state index is 12.4. The van der Waals surface area contributed by atoms with Gasteiger partial charge in [0.25, 0.3) is 5.91 Å². The van der Waals surface area contributed by atoms with Crippen molar-refractivity contribution in [2.45, 2.75) is 13.8 Å². The Bertz CT molecular complexity index is 667. The highest BCUT2D eigenvalue weighted by molar-refractivity contribution is 6.31. The van der Waals surface area contributed by atoms with E-state index in [4.69, 9.17) is 16.3 Å². The summed E-state index contributed by atoms with van der Waals surface area (Å²) in [5, 5.41) is 3.37. The lowest BCUT2D eigenvalue weighted by Crippen LogP contribution is -2.21. The predicted octanol–water partition coefficient (Wildman–Crippen LogP) is 4.45. The number of rotatable bonds is 6. The summed E-state index contributed by atoms with van der Waals surface area (Å²) >= 11 is 5.98. The van der Waals surface area contributed by atoms with Crippen molar-refractivity contribution in [3.63, 3.8) is 0 Å². The summed E-state index contributed by atoms with van der Waals surface area (Å²) in [6.07, 6.45) is 0. The minimum atomic E-state index is -0.198. The van der Waals surface area contributed by atoms with Crippen LogP contribution >= 0.6 is 11.6 Å². The molecule has 0 radical (unpaired) electrons. The second-order valence-corrected chi connectivity index (χ2v) is 5.45. The molecular formula is C18H21ClN2O2. The zero-order valence-corrected chi connectivity index (χ0v) is 14.4. The third kappa shape index (κ3) is 4.17. The number of benzene rings is 2. The molecule has 4 nitrogen and oxygen atoms in total. The number of methoxy groups -OCH3 is 1. The third-order valence-corrected chi connectivity index (χ3v) is 3.90. The highest BCUT2D eigenvalue weighted by Crippen LogP contribution is 2.28. The molecule has 0 spiro atoms. The van der Waals surface area contributed by atoms with Gasteiger partial charge in [0, 0.05) is 29.4 Å². The SMILES string of the molecule is CCN(CC)c1ccc(C(=O)Nc2cc(Cl)ccc2OC)cc1. The fraction of sp³-hybridized carbons (Fsp3) is 0.278. The van der Waals surface area contributed by atoms with Gasteiger partial charge in [0.15, 0.2) is 0 Å². The Hall–Kier alpha value is -2.20. The maximum Gasteiger partial charge on any atom is 0.255 e. The van der Waals surface area contributed by atoms with E-state index in [1.54, 1.807) is 25.3 Å². The highest BCUT2D eigenvalue weighted by atomic mass is 35.5. The average molecular weight is 333 g/mol. The topological polar surface area (TPSA) is 41.6 Å². The molecule has 0 saturated heterocycles. The number of anilines is 2. The van der Waals surface area contributed by atoms with Crippen molar-refractivity contribution in [1.82, 2.24) is 0 Å². The van der Waals surface area contributed by atoms with E-state index < -0.39 is 0 Å².